The number of rotatable bonds is 13. The molecule has 5 aliphatic rings. The first kappa shape index (κ1) is 43.5. The molecule has 0 radical (unpaired) electrons. The summed E-state index contributed by atoms with van der Waals surface area (Å²) < 4.78 is 83.3. The van der Waals surface area contributed by atoms with E-state index in [1.807, 2.05) is 6.92 Å². The zero-order valence-electron chi connectivity index (χ0n) is 32.8. The highest BCUT2D eigenvalue weighted by atomic mass is 16.8. The van der Waals surface area contributed by atoms with E-state index in [2.05, 4.69) is 0 Å². The number of hydrogen-bond donors (Lipinski definition) is 2. The molecule has 5 fully saturated rings. The summed E-state index contributed by atoms with van der Waals surface area (Å²) in [7, 11) is 6.06. The molecule has 5 saturated heterocycles. The van der Waals surface area contributed by atoms with Crippen molar-refractivity contribution in [2.24, 2.45) is 0 Å². The molecule has 5 heterocycles. The summed E-state index contributed by atoms with van der Waals surface area (Å²) in [5, 5.41) is 21.9. The normalized spacial score (nSPS) is 47.5. The van der Waals surface area contributed by atoms with Crippen LogP contribution in [0.25, 0.3) is 0 Å². The first-order chi connectivity index (χ1) is 25.7. The summed E-state index contributed by atoms with van der Waals surface area (Å²) in [5.41, 5.74) is 0. The number of esters is 2. The number of hydrogen-bond acceptors (Lipinski definition) is 18. The summed E-state index contributed by atoms with van der Waals surface area (Å²) in [6.45, 7) is 10.1. The van der Waals surface area contributed by atoms with E-state index in [0.29, 0.717) is 6.42 Å². The third-order valence-corrected chi connectivity index (χ3v) is 10.9. The maximum absolute atomic E-state index is 11.9. The fourth-order valence-corrected chi connectivity index (χ4v) is 8.02. The smallest absolute Gasteiger partial charge is 0.308 e. The lowest BCUT2D eigenvalue weighted by atomic mass is 9.97. The van der Waals surface area contributed by atoms with Gasteiger partial charge in [-0.05, 0) is 34.6 Å². The van der Waals surface area contributed by atoms with Gasteiger partial charge in [-0.15, -0.1) is 0 Å². The molecule has 0 aromatic carbocycles. The molecule has 0 aliphatic carbocycles. The molecule has 0 aromatic heterocycles. The van der Waals surface area contributed by atoms with Crippen LogP contribution in [-0.2, 0) is 75.9 Å². The molecule has 0 spiro atoms. The Morgan fingerprint density at radius 1 is 0.574 bits per heavy atom. The monoisotopic (exact) mass is 780 g/mol. The average Bonchev–Trinajstić information content (AvgIpc) is 3.11. The molecule has 0 amide bonds. The first-order valence-corrected chi connectivity index (χ1v) is 18.7. The molecule has 0 unspecified atom stereocenters. The molecular weight excluding hydrogens is 720 g/mol. The SMILES string of the molecule is CO[C@H]1[C@@H](O)[C@@H](C)O[C@@H](O[C@H]2[C@@H](OC)C[C@H](O[C@H]3[C@@H](O)C[C@H](O[C@H]4[C@@H](OC)C[C@H](O[C@@H]5[C@@H](C)OC(=O)C[C@H]5OC)O[C@@H]4C)O[C@@H]3C)O[C@@H]2C)[C@@H]1OC(C)=O. The highest BCUT2D eigenvalue weighted by Crippen LogP contribution is 2.36. The number of ether oxygens (including phenoxy) is 14. The van der Waals surface area contributed by atoms with Crippen LogP contribution in [0.2, 0.25) is 0 Å². The number of carbonyl (C=O) groups excluding carboxylic acids is 2. The van der Waals surface area contributed by atoms with Crippen molar-refractivity contribution in [3.05, 3.63) is 0 Å². The molecule has 312 valence electrons. The Labute approximate surface area is 316 Å². The zero-order chi connectivity index (χ0) is 39.4. The number of aliphatic hydroxyl groups is 2. The van der Waals surface area contributed by atoms with Crippen LogP contribution in [0.5, 0.6) is 0 Å². The van der Waals surface area contributed by atoms with Crippen LogP contribution in [0.3, 0.4) is 0 Å². The van der Waals surface area contributed by atoms with Crippen LogP contribution in [0.15, 0.2) is 0 Å². The second-order valence-corrected chi connectivity index (χ2v) is 14.7. The maximum Gasteiger partial charge on any atom is 0.308 e. The molecule has 18 heteroatoms. The van der Waals surface area contributed by atoms with Crippen LogP contribution >= 0.6 is 0 Å². The van der Waals surface area contributed by atoms with Gasteiger partial charge in [-0.25, -0.2) is 0 Å². The lowest BCUT2D eigenvalue weighted by Crippen LogP contribution is -2.62. The largest absolute Gasteiger partial charge is 0.460 e. The molecule has 20 atom stereocenters. The summed E-state index contributed by atoms with van der Waals surface area (Å²) in [5.74, 6) is -0.924. The van der Waals surface area contributed by atoms with Gasteiger partial charge in [-0.2, -0.15) is 0 Å². The molecule has 2 N–H and O–H groups in total. The first-order valence-electron chi connectivity index (χ1n) is 18.7. The molecular formula is C36H60O18. The Morgan fingerprint density at radius 2 is 1.06 bits per heavy atom. The van der Waals surface area contributed by atoms with Gasteiger partial charge < -0.3 is 76.5 Å². The zero-order valence-corrected chi connectivity index (χ0v) is 32.8. The van der Waals surface area contributed by atoms with E-state index in [1.165, 1.54) is 28.3 Å². The quantitative estimate of drug-likeness (QED) is 0.247. The number of aliphatic hydroxyl groups excluding tert-OH is 2. The van der Waals surface area contributed by atoms with Gasteiger partial charge in [0.25, 0.3) is 0 Å². The maximum atomic E-state index is 11.9. The van der Waals surface area contributed by atoms with Gasteiger partial charge in [-0.3, -0.25) is 9.59 Å². The topological polar surface area (TPSA) is 204 Å². The van der Waals surface area contributed by atoms with Crippen LogP contribution < -0.4 is 0 Å². The third kappa shape index (κ3) is 10.1. The molecule has 18 nitrogen and oxygen atoms in total. The number of methoxy groups -OCH3 is 4. The van der Waals surface area contributed by atoms with Crippen molar-refractivity contribution in [3.8, 4) is 0 Å². The minimum atomic E-state index is -1.08. The van der Waals surface area contributed by atoms with Crippen molar-refractivity contribution >= 4 is 11.9 Å². The van der Waals surface area contributed by atoms with Gasteiger partial charge in [-0.1, -0.05) is 0 Å². The molecule has 0 bridgehead atoms. The van der Waals surface area contributed by atoms with E-state index < -0.39 is 129 Å². The Bertz CT molecular complexity index is 1200. The molecule has 0 saturated carbocycles. The van der Waals surface area contributed by atoms with Crippen LogP contribution in [0.4, 0.5) is 0 Å². The fraction of sp³-hybridized carbons (Fsp3) is 0.944. The van der Waals surface area contributed by atoms with Gasteiger partial charge in [0.05, 0.1) is 55.3 Å². The second kappa shape index (κ2) is 19.2. The highest BCUT2D eigenvalue weighted by Gasteiger charge is 2.51. The second-order valence-electron chi connectivity index (χ2n) is 14.7. The van der Waals surface area contributed by atoms with E-state index in [-0.39, 0.29) is 25.2 Å². The summed E-state index contributed by atoms with van der Waals surface area (Å²) in [6, 6.07) is 0. The average molecular weight is 781 g/mol. The van der Waals surface area contributed by atoms with E-state index in [0.717, 1.165) is 0 Å². The Morgan fingerprint density at radius 3 is 1.56 bits per heavy atom. The van der Waals surface area contributed by atoms with E-state index in [4.69, 9.17) is 66.3 Å². The Hall–Kier alpha value is -1.62. The standard InChI is InChI=1S/C36H60O18/c1-15-29(40)34(44-10)35(50-20(6)37)36(49-15)54-33-19(5)48-27(14-24(33)43-9)51-30-16(2)46-26(11-21(30)38)52-32-18(4)47-28(13-23(32)42-8)53-31-17(3)45-25(39)12-22(31)41-7/h15-19,21-24,26-36,38,40H,11-14H2,1-10H3/t15-,16-,17-,18-,19-,21+,22-,23+,24+,26+,27+,28+,29+,30-,31-,32-,33-,34+,35-,36+/m1/s1. The van der Waals surface area contributed by atoms with Crippen molar-refractivity contribution in [1.29, 1.82) is 0 Å². The summed E-state index contributed by atoms with van der Waals surface area (Å²) >= 11 is 0. The lowest BCUT2D eigenvalue weighted by Gasteiger charge is -2.47. The van der Waals surface area contributed by atoms with Crippen LogP contribution in [0.1, 0.15) is 67.2 Å². The van der Waals surface area contributed by atoms with Gasteiger partial charge in [0, 0.05) is 54.6 Å². The Balaban J connectivity index is 1.15. The molecule has 54 heavy (non-hydrogen) atoms. The van der Waals surface area contributed by atoms with Crippen LogP contribution in [0, 0.1) is 0 Å². The highest BCUT2D eigenvalue weighted by molar-refractivity contribution is 5.71. The van der Waals surface area contributed by atoms with Crippen LogP contribution in [-0.4, -0.2) is 173 Å². The number of cyclic esters (lactones) is 1. The summed E-state index contributed by atoms with van der Waals surface area (Å²) in [6.07, 6.45) is -13.3. The molecule has 5 aliphatic heterocycles. The van der Waals surface area contributed by atoms with Gasteiger partial charge in [0.1, 0.15) is 42.7 Å². The van der Waals surface area contributed by atoms with E-state index in [9.17, 15) is 19.8 Å². The van der Waals surface area contributed by atoms with Gasteiger partial charge in [0.15, 0.2) is 31.3 Å². The molecule has 0 aromatic rings. The predicted molar refractivity (Wildman–Crippen MR) is 182 cm³/mol. The van der Waals surface area contributed by atoms with E-state index in [1.54, 1.807) is 34.8 Å². The van der Waals surface area contributed by atoms with Crippen molar-refractivity contribution in [2.45, 2.75) is 190 Å². The fourth-order valence-electron chi connectivity index (χ4n) is 8.02. The van der Waals surface area contributed by atoms with Gasteiger partial charge >= 0.3 is 11.9 Å². The van der Waals surface area contributed by atoms with Crippen molar-refractivity contribution in [2.75, 3.05) is 28.4 Å². The third-order valence-electron chi connectivity index (χ3n) is 10.9. The minimum absolute atomic E-state index is 0.0853. The van der Waals surface area contributed by atoms with Crippen molar-refractivity contribution in [1.82, 2.24) is 0 Å². The van der Waals surface area contributed by atoms with E-state index >= 15 is 0 Å². The number of carbonyl (C=O) groups is 2. The molecule has 5 rings (SSSR count). The lowest BCUT2D eigenvalue weighted by molar-refractivity contribution is -0.356. The predicted octanol–water partition coefficient (Wildman–Crippen LogP) is 0.726. The van der Waals surface area contributed by atoms with Gasteiger partial charge in [0.2, 0.25) is 0 Å². The van der Waals surface area contributed by atoms with Crippen molar-refractivity contribution < 1.29 is 86.1 Å². The Kier molecular flexibility index (Phi) is 15.5. The minimum Gasteiger partial charge on any atom is -0.460 e. The van der Waals surface area contributed by atoms with Crippen molar-refractivity contribution in [3.63, 3.8) is 0 Å². The summed E-state index contributed by atoms with van der Waals surface area (Å²) in [4.78, 5) is 23.8.